The summed E-state index contributed by atoms with van der Waals surface area (Å²) >= 11 is 0. The first kappa shape index (κ1) is 12.6. The smallest absolute Gasteiger partial charge is 0.305 e. The van der Waals surface area contributed by atoms with Gasteiger partial charge < -0.3 is 10.5 Å². The van der Waals surface area contributed by atoms with Crippen molar-refractivity contribution in [2.45, 2.75) is 25.5 Å². The first-order valence-corrected chi connectivity index (χ1v) is 5.87. The molecule has 0 saturated carbocycles. The van der Waals surface area contributed by atoms with Crippen LogP contribution in [0.5, 0.6) is 0 Å². The fraction of sp³-hybridized carbons (Fsp3) is 0.833. The van der Waals surface area contributed by atoms with Crippen LogP contribution in [0.25, 0.3) is 0 Å². The second-order valence-electron chi connectivity index (χ2n) is 2.67. The van der Waals surface area contributed by atoms with Gasteiger partial charge in [0.25, 0.3) is 0 Å². The minimum atomic E-state index is -3.26. The Kier molecular flexibility index (Phi) is 5.17. The number of carbonyl (C=O) groups excluding carboxylic acids is 1. The Morgan fingerprint density at radius 3 is 2.46 bits per heavy atom. The van der Waals surface area contributed by atoms with Crippen LogP contribution in [0.15, 0.2) is 0 Å². The SMILES string of the molecule is CCOC(=O)CCC(N)P(N)(N)=O. The molecule has 6 nitrogen and oxygen atoms in total. The number of hydrogen-bond acceptors (Lipinski definition) is 4. The van der Waals surface area contributed by atoms with Crippen LogP contribution in [0, 0.1) is 0 Å². The van der Waals surface area contributed by atoms with Crippen molar-refractivity contribution in [2.75, 3.05) is 6.61 Å². The van der Waals surface area contributed by atoms with Gasteiger partial charge in [0, 0.05) is 6.42 Å². The molecule has 0 rings (SSSR count). The lowest BCUT2D eigenvalue weighted by atomic mass is 10.3. The molecule has 1 atom stereocenters. The summed E-state index contributed by atoms with van der Waals surface area (Å²) in [4.78, 5) is 10.8. The van der Waals surface area contributed by atoms with Crippen LogP contribution in [0.3, 0.4) is 0 Å². The molecule has 13 heavy (non-hydrogen) atoms. The Labute approximate surface area is 77.3 Å². The Morgan fingerprint density at radius 1 is 1.54 bits per heavy atom. The van der Waals surface area contributed by atoms with E-state index in [0.29, 0.717) is 6.61 Å². The molecular weight excluding hydrogens is 193 g/mol. The van der Waals surface area contributed by atoms with E-state index in [0.717, 1.165) is 0 Å². The molecule has 0 aliphatic heterocycles. The molecule has 0 aliphatic rings. The minimum Gasteiger partial charge on any atom is -0.466 e. The standard InChI is InChI=1S/C6H16N3O3P/c1-2-12-6(10)4-3-5(7)13(8,9)11/h5H,2-4,7H2,1H3,(H4,8,9,11). The number of esters is 1. The maximum atomic E-state index is 11.0. The van der Waals surface area contributed by atoms with Crippen LogP contribution in [-0.4, -0.2) is 18.4 Å². The molecule has 0 aromatic heterocycles. The largest absolute Gasteiger partial charge is 0.466 e. The first-order valence-electron chi connectivity index (χ1n) is 3.96. The van der Waals surface area contributed by atoms with Gasteiger partial charge in [-0.15, -0.1) is 0 Å². The highest BCUT2D eigenvalue weighted by atomic mass is 31.2. The van der Waals surface area contributed by atoms with Gasteiger partial charge >= 0.3 is 5.97 Å². The van der Waals surface area contributed by atoms with Gasteiger partial charge in [0.2, 0.25) is 7.44 Å². The third-order valence-electron chi connectivity index (χ3n) is 1.47. The summed E-state index contributed by atoms with van der Waals surface area (Å²) in [6.45, 7) is 2.02. The van der Waals surface area contributed by atoms with E-state index < -0.39 is 13.2 Å². The van der Waals surface area contributed by atoms with Gasteiger partial charge in [-0.3, -0.25) is 20.4 Å². The Morgan fingerprint density at radius 2 is 2.08 bits per heavy atom. The van der Waals surface area contributed by atoms with E-state index in [9.17, 15) is 9.36 Å². The van der Waals surface area contributed by atoms with E-state index in [-0.39, 0.29) is 18.8 Å². The van der Waals surface area contributed by atoms with E-state index in [2.05, 4.69) is 4.74 Å². The van der Waals surface area contributed by atoms with Gasteiger partial charge in [0.05, 0.1) is 12.4 Å². The predicted molar refractivity (Wildman–Crippen MR) is 49.8 cm³/mol. The quantitative estimate of drug-likeness (QED) is 0.423. The van der Waals surface area contributed by atoms with Crippen LogP contribution >= 0.6 is 7.44 Å². The molecule has 6 N–H and O–H groups in total. The third kappa shape index (κ3) is 5.76. The van der Waals surface area contributed by atoms with Gasteiger partial charge in [0.1, 0.15) is 0 Å². The van der Waals surface area contributed by atoms with Gasteiger partial charge in [-0.05, 0) is 13.3 Å². The molecule has 7 heteroatoms. The molecule has 78 valence electrons. The van der Waals surface area contributed by atoms with E-state index >= 15 is 0 Å². The molecule has 0 saturated heterocycles. The molecule has 0 heterocycles. The molecule has 0 bridgehead atoms. The lowest BCUT2D eigenvalue weighted by Gasteiger charge is -2.14. The van der Waals surface area contributed by atoms with Crippen molar-refractivity contribution in [3.05, 3.63) is 0 Å². The van der Waals surface area contributed by atoms with Crippen LogP contribution in [0.1, 0.15) is 19.8 Å². The Bertz CT molecular complexity index is 215. The van der Waals surface area contributed by atoms with Crippen molar-refractivity contribution in [2.24, 2.45) is 16.7 Å². The third-order valence-corrected chi connectivity index (χ3v) is 2.76. The van der Waals surface area contributed by atoms with Crippen LogP contribution < -0.4 is 16.7 Å². The molecule has 0 spiro atoms. The van der Waals surface area contributed by atoms with Crippen molar-refractivity contribution < 1.29 is 14.1 Å². The summed E-state index contributed by atoms with van der Waals surface area (Å²) in [5.41, 5.74) is 15.6. The lowest BCUT2D eigenvalue weighted by Crippen LogP contribution is -2.29. The zero-order chi connectivity index (χ0) is 10.5. The Balaban J connectivity index is 3.77. The van der Waals surface area contributed by atoms with Crippen LogP contribution in [-0.2, 0) is 14.1 Å². The van der Waals surface area contributed by atoms with Gasteiger partial charge in [0.15, 0.2) is 0 Å². The van der Waals surface area contributed by atoms with E-state index in [1.54, 1.807) is 6.92 Å². The molecule has 0 amide bonds. The number of ether oxygens (including phenoxy) is 1. The summed E-state index contributed by atoms with van der Waals surface area (Å²) in [6, 6.07) is 0. The number of hydrogen-bond donors (Lipinski definition) is 3. The maximum absolute atomic E-state index is 11.0. The number of carbonyl (C=O) groups is 1. The fourth-order valence-corrected chi connectivity index (χ4v) is 1.23. The second-order valence-corrected chi connectivity index (χ2v) is 4.86. The van der Waals surface area contributed by atoms with Crippen molar-refractivity contribution in [1.29, 1.82) is 0 Å². The van der Waals surface area contributed by atoms with E-state index in [4.69, 9.17) is 16.7 Å². The van der Waals surface area contributed by atoms with Crippen molar-refractivity contribution in [3.8, 4) is 0 Å². The van der Waals surface area contributed by atoms with Crippen molar-refractivity contribution in [3.63, 3.8) is 0 Å². The highest BCUT2D eigenvalue weighted by molar-refractivity contribution is 7.59. The van der Waals surface area contributed by atoms with Crippen LogP contribution in [0.2, 0.25) is 0 Å². The van der Waals surface area contributed by atoms with E-state index in [1.807, 2.05) is 0 Å². The van der Waals surface area contributed by atoms with Gasteiger partial charge in [-0.2, -0.15) is 0 Å². The molecule has 0 aliphatic carbocycles. The van der Waals surface area contributed by atoms with Gasteiger partial charge in [-0.1, -0.05) is 0 Å². The molecule has 0 fully saturated rings. The minimum absolute atomic E-state index is 0.0907. The maximum Gasteiger partial charge on any atom is 0.305 e. The normalized spacial score (nSPS) is 13.8. The van der Waals surface area contributed by atoms with E-state index in [1.165, 1.54) is 0 Å². The highest BCUT2D eigenvalue weighted by Crippen LogP contribution is 2.31. The lowest BCUT2D eigenvalue weighted by molar-refractivity contribution is -0.143. The molecule has 0 radical (unpaired) electrons. The monoisotopic (exact) mass is 209 g/mol. The summed E-state index contributed by atoms with van der Waals surface area (Å²) in [7, 11) is -3.26. The summed E-state index contributed by atoms with van der Waals surface area (Å²) in [5, 5.41) is 0. The molecule has 0 aromatic carbocycles. The molecule has 0 aromatic rings. The predicted octanol–water partition coefficient (Wildman–Crippen LogP) is -0.275. The van der Waals surface area contributed by atoms with Crippen molar-refractivity contribution >= 4 is 13.4 Å². The second kappa shape index (κ2) is 5.34. The average molecular weight is 209 g/mol. The fourth-order valence-electron chi connectivity index (χ4n) is 0.701. The first-order chi connectivity index (χ1) is 5.88. The highest BCUT2D eigenvalue weighted by Gasteiger charge is 2.21. The average Bonchev–Trinajstić information content (AvgIpc) is 1.99. The van der Waals surface area contributed by atoms with Crippen LogP contribution in [0.4, 0.5) is 0 Å². The molecular formula is C6H16N3O3P. The summed E-state index contributed by atoms with van der Waals surface area (Å²) in [5.74, 6) is -1.22. The zero-order valence-electron chi connectivity index (χ0n) is 7.60. The Hall–Kier alpha value is -0.420. The number of rotatable bonds is 5. The summed E-state index contributed by atoms with van der Waals surface area (Å²) < 4.78 is 15.6. The van der Waals surface area contributed by atoms with Gasteiger partial charge in [-0.25, -0.2) is 0 Å². The van der Waals surface area contributed by atoms with Crippen molar-refractivity contribution in [1.82, 2.24) is 0 Å². The number of nitrogens with two attached hydrogens (primary N) is 3. The zero-order valence-corrected chi connectivity index (χ0v) is 8.50. The topological polar surface area (TPSA) is 121 Å². The summed E-state index contributed by atoms with van der Waals surface area (Å²) in [6.07, 6.45) is 0.274. The molecule has 1 unspecified atom stereocenters.